The summed E-state index contributed by atoms with van der Waals surface area (Å²) in [5, 5.41) is 0. The van der Waals surface area contributed by atoms with Gasteiger partial charge in [-0.2, -0.15) is 0 Å². The van der Waals surface area contributed by atoms with Crippen LogP contribution in [0.1, 0.15) is 46.5 Å². The molecule has 2 saturated carbocycles. The molecule has 21 heavy (non-hydrogen) atoms. The molecule has 3 aliphatic rings. The van der Waals surface area contributed by atoms with Crippen LogP contribution in [-0.4, -0.2) is 42.1 Å². The molecule has 2 aliphatic carbocycles. The summed E-state index contributed by atoms with van der Waals surface area (Å²) in [4.78, 5) is 14.9. The number of fused-ring (bicyclic) bond motifs is 1. The topological polar surface area (TPSA) is 55.6 Å². The van der Waals surface area contributed by atoms with E-state index in [-0.39, 0.29) is 29.8 Å². The fourth-order valence-corrected chi connectivity index (χ4v) is 4.48. The minimum Gasteiger partial charge on any atom is -0.378 e. The number of nitrogens with two attached hydrogens (primary N) is 1. The predicted octanol–water partition coefficient (Wildman–Crippen LogP) is 2.20. The van der Waals surface area contributed by atoms with Crippen molar-refractivity contribution in [1.82, 2.24) is 4.90 Å². The Bertz CT molecular complexity index is 403. The Balaban J connectivity index is 0.00000161. The molecule has 0 bridgehead atoms. The summed E-state index contributed by atoms with van der Waals surface area (Å²) in [5.74, 6) is 1.62. The van der Waals surface area contributed by atoms with Gasteiger partial charge in [-0.15, -0.1) is 12.4 Å². The first-order valence-corrected chi connectivity index (χ1v) is 8.10. The van der Waals surface area contributed by atoms with Crippen molar-refractivity contribution in [2.24, 2.45) is 23.0 Å². The summed E-state index contributed by atoms with van der Waals surface area (Å²) in [7, 11) is 0. The molecule has 4 nitrogen and oxygen atoms in total. The fourth-order valence-electron chi connectivity index (χ4n) is 4.48. The van der Waals surface area contributed by atoms with Crippen LogP contribution >= 0.6 is 12.4 Å². The van der Waals surface area contributed by atoms with E-state index >= 15 is 0 Å². The van der Waals surface area contributed by atoms with E-state index in [0.29, 0.717) is 13.0 Å². The van der Waals surface area contributed by atoms with Crippen LogP contribution in [0.4, 0.5) is 0 Å². The molecule has 5 heteroatoms. The Morgan fingerprint density at radius 3 is 2.33 bits per heavy atom. The van der Waals surface area contributed by atoms with Crippen LogP contribution in [0.25, 0.3) is 0 Å². The lowest BCUT2D eigenvalue weighted by Crippen LogP contribution is -2.76. The van der Waals surface area contributed by atoms with Crippen molar-refractivity contribution in [3.8, 4) is 0 Å². The van der Waals surface area contributed by atoms with Gasteiger partial charge in [0.05, 0.1) is 6.10 Å². The first-order chi connectivity index (χ1) is 9.40. The summed E-state index contributed by atoms with van der Waals surface area (Å²) in [6.45, 7) is 8.69. The Morgan fingerprint density at radius 1 is 1.29 bits per heavy atom. The number of halogens is 1. The van der Waals surface area contributed by atoms with E-state index in [9.17, 15) is 4.79 Å². The zero-order valence-corrected chi connectivity index (χ0v) is 14.2. The number of carbonyl (C=O) groups is 1. The van der Waals surface area contributed by atoms with Crippen LogP contribution in [0.3, 0.4) is 0 Å². The maximum absolute atomic E-state index is 12.9. The zero-order valence-electron chi connectivity index (χ0n) is 13.4. The Labute approximate surface area is 134 Å². The van der Waals surface area contributed by atoms with E-state index in [2.05, 4.69) is 13.8 Å². The van der Waals surface area contributed by atoms with Crippen LogP contribution in [0.2, 0.25) is 0 Å². The predicted molar refractivity (Wildman–Crippen MR) is 85.4 cm³/mol. The monoisotopic (exact) mass is 316 g/mol. The molecule has 1 heterocycles. The lowest BCUT2D eigenvalue weighted by Gasteiger charge is -2.58. The van der Waals surface area contributed by atoms with E-state index in [0.717, 1.165) is 24.9 Å². The van der Waals surface area contributed by atoms with E-state index in [1.165, 1.54) is 19.3 Å². The summed E-state index contributed by atoms with van der Waals surface area (Å²) < 4.78 is 5.73. The number of nitrogens with zero attached hydrogens (tertiary/aromatic N) is 1. The van der Waals surface area contributed by atoms with Gasteiger partial charge >= 0.3 is 0 Å². The quantitative estimate of drug-likeness (QED) is 0.868. The normalized spacial score (nSPS) is 40.4. The van der Waals surface area contributed by atoms with E-state index in [4.69, 9.17) is 10.5 Å². The third-order valence-corrected chi connectivity index (χ3v) is 6.23. The van der Waals surface area contributed by atoms with Crippen LogP contribution in [-0.2, 0) is 9.53 Å². The maximum atomic E-state index is 12.9. The van der Waals surface area contributed by atoms with E-state index in [1.54, 1.807) is 0 Å². The molecule has 122 valence electrons. The SMILES string of the molecule is CCOC1CC(N)(C(=O)N2CC3CCCC3C2)C1(C)C.Cl. The van der Waals surface area contributed by atoms with E-state index in [1.807, 2.05) is 11.8 Å². The van der Waals surface area contributed by atoms with Crippen LogP contribution in [0, 0.1) is 17.3 Å². The van der Waals surface area contributed by atoms with Crippen LogP contribution in [0.15, 0.2) is 0 Å². The standard InChI is InChI=1S/C16H28N2O2.ClH/c1-4-20-13-8-16(17,15(13,2)3)14(19)18-9-11-6-5-7-12(11)10-18;/h11-13H,4-10,17H2,1-3H3;1H. The van der Waals surface area contributed by atoms with Gasteiger partial charge in [-0.05, 0) is 31.6 Å². The highest BCUT2D eigenvalue weighted by Gasteiger charge is 2.64. The second kappa shape index (κ2) is 5.71. The highest BCUT2D eigenvalue weighted by Crippen LogP contribution is 2.51. The molecule has 0 aromatic carbocycles. The number of likely N-dealkylation sites (tertiary alicyclic amines) is 1. The first kappa shape index (κ1) is 17.0. The van der Waals surface area contributed by atoms with Crippen molar-refractivity contribution in [2.45, 2.75) is 58.1 Å². The molecule has 0 spiro atoms. The highest BCUT2D eigenvalue weighted by molar-refractivity contribution is 5.89. The third kappa shape index (κ3) is 2.40. The minimum atomic E-state index is -0.731. The molecule has 3 fully saturated rings. The number of hydrogen-bond donors (Lipinski definition) is 1. The number of amides is 1. The summed E-state index contributed by atoms with van der Waals surface area (Å²) in [5.41, 5.74) is 5.51. The van der Waals surface area contributed by atoms with Crippen molar-refractivity contribution in [2.75, 3.05) is 19.7 Å². The number of carbonyl (C=O) groups excluding carboxylic acids is 1. The van der Waals surface area contributed by atoms with Crippen molar-refractivity contribution >= 4 is 18.3 Å². The van der Waals surface area contributed by atoms with Crippen molar-refractivity contribution in [1.29, 1.82) is 0 Å². The molecule has 4 atom stereocenters. The molecule has 1 amide bonds. The summed E-state index contributed by atoms with van der Waals surface area (Å²) in [6, 6.07) is 0. The highest BCUT2D eigenvalue weighted by atomic mass is 35.5. The largest absolute Gasteiger partial charge is 0.378 e. The van der Waals surface area contributed by atoms with Gasteiger partial charge in [0.25, 0.3) is 0 Å². The van der Waals surface area contributed by atoms with Gasteiger partial charge in [-0.25, -0.2) is 0 Å². The zero-order chi connectivity index (χ0) is 14.5. The van der Waals surface area contributed by atoms with Crippen LogP contribution < -0.4 is 5.73 Å². The average molecular weight is 317 g/mol. The molecule has 0 radical (unpaired) electrons. The minimum absolute atomic E-state index is 0. The maximum Gasteiger partial charge on any atom is 0.243 e. The smallest absolute Gasteiger partial charge is 0.243 e. The molecule has 4 unspecified atom stereocenters. The van der Waals surface area contributed by atoms with Crippen molar-refractivity contribution in [3.05, 3.63) is 0 Å². The third-order valence-electron chi connectivity index (χ3n) is 6.23. The van der Waals surface area contributed by atoms with Gasteiger partial charge < -0.3 is 15.4 Å². The lowest BCUT2D eigenvalue weighted by molar-refractivity contribution is -0.178. The molecule has 1 saturated heterocycles. The molecular formula is C16H29ClN2O2. The molecule has 2 N–H and O–H groups in total. The summed E-state index contributed by atoms with van der Waals surface area (Å²) >= 11 is 0. The van der Waals surface area contributed by atoms with Gasteiger partial charge in [-0.3, -0.25) is 4.79 Å². The Kier molecular flexibility index (Phi) is 4.63. The average Bonchev–Trinajstić information content (AvgIpc) is 2.98. The van der Waals surface area contributed by atoms with Crippen molar-refractivity contribution in [3.63, 3.8) is 0 Å². The second-order valence-electron chi connectivity index (χ2n) is 7.50. The second-order valence-corrected chi connectivity index (χ2v) is 7.50. The molecular weight excluding hydrogens is 288 g/mol. The van der Waals surface area contributed by atoms with Gasteiger partial charge in [0.2, 0.25) is 5.91 Å². The number of rotatable bonds is 3. The van der Waals surface area contributed by atoms with Gasteiger partial charge in [0.1, 0.15) is 5.54 Å². The van der Waals surface area contributed by atoms with Gasteiger partial charge in [0.15, 0.2) is 0 Å². The van der Waals surface area contributed by atoms with Crippen LogP contribution in [0.5, 0.6) is 0 Å². The Morgan fingerprint density at radius 2 is 1.86 bits per heavy atom. The molecule has 0 aromatic heterocycles. The molecule has 3 rings (SSSR count). The lowest BCUT2D eigenvalue weighted by atomic mass is 9.54. The number of ether oxygens (including phenoxy) is 1. The molecule has 0 aromatic rings. The van der Waals surface area contributed by atoms with Gasteiger partial charge in [-0.1, -0.05) is 20.3 Å². The molecule has 1 aliphatic heterocycles. The fraction of sp³-hybridized carbons (Fsp3) is 0.938. The van der Waals surface area contributed by atoms with E-state index < -0.39 is 5.54 Å². The van der Waals surface area contributed by atoms with Crippen molar-refractivity contribution < 1.29 is 9.53 Å². The Hall–Kier alpha value is -0.320. The number of hydrogen-bond acceptors (Lipinski definition) is 3. The first-order valence-electron chi connectivity index (χ1n) is 8.10. The summed E-state index contributed by atoms with van der Waals surface area (Å²) in [6.07, 6.45) is 4.69. The van der Waals surface area contributed by atoms with Gasteiger partial charge in [0, 0.05) is 31.5 Å².